The van der Waals surface area contributed by atoms with E-state index < -0.39 is 18.2 Å². The third-order valence-electron chi connectivity index (χ3n) is 2.88. The summed E-state index contributed by atoms with van der Waals surface area (Å²) in [6.07, 6.45) is -1.80. The first-order valence-electron chi connectivity index (χ1n) is 7.30. The van der Waals surface area contributed by atoms with E-state index in [4.69, 9.17) is 32.7 Å². The smallest absolute Gasteiger partial charge is 0.347 e. The van der Waals surface area contributed by atoms with Crippen molar-refractivity contribution in [3.8, 4) is 5.75 Å². The highest BCUT2D eigenvalue weighted by Gasteiger charge is 2.23. The largest absolute Gasteiger partial charge is 0.477 e. The summed E-state index contributed by atoms with van der Waals surface area (Å²) in [5.74, 6) is -0.361. The fraction of sp³-hybridized carbons (Fsp3) is 0.500. The van der Waals surface area contributed by atoms with Crippen LogP contribution in [-0.4, -0.2) is 30.6 Å². The Kier molecular flexibility index (Phi) is 7.65. The molecule has 0 aromatic heterocycles. The predicted octanol–water partition coefficient (Wildman–Crippen LogP) is 3.46. The zero-order valence-electron chi connectivity index (χ0n) is 13.6. The Bertz CT molecular complexity index is 563. The lowest BCUT2D eigenvalue weighted by Gasteiger charge is -2.18. The topological polar surface area (TPSA) is 64.6 Å². The van der Waals surface area contributed by atoms with E-state index in [1.807, 2.05) is 13.8 Å². The van der Waals surface area contributed by atoms with Crippen molar-refractivity contribution in [3.63, 3.8) is 0 Å². The van der Waals surface area contributed by atoms with Crippen LogP contribution in [0, 0.1) is 5.92 Å². The van der Waals surface area contributed by atoms with E-state index >= 15 is 0 Å². The van der Waals surface area contributed by atoms with E-state index in [-0.39, 0.29) is 5.91 Å². The van der Waals surface area contributed by atoms with Gasteiger partial charge in [-0.3, -0.25) is 4.79 Å². The van der Waals surface area contributed by atoms with Crippen LogP contribution in [0.15, 0.2) is 18.2 Å². The fourth-order valence-electron chi connectivity index (χ4n) is 1.58. The van der Waals surface area contributed by atoms with Gasteiger partial charge in [0, 0.05) is 11.6 Å². The van der Waals surface area contributed by atoms with Crippen LogP contribution in [0.2, 0.25) is 10.0 Å². The molecule has 0 unspecified atom stereocenters. The average Bonchev–Trinajstić information content (AvgIpc) is 2.47. The van der Waals surface area contributed by atoms with Gasteiger partial charge in [-0.25, -0.2) is 4.79 Å². The molecule has 0 bridgehead atoms. The normalized spacial score (nSPS) is 13.3. The highest BCUT2D eigenvalue weighted by molar-refractivity contribution is 6.35. The Morgan fingerprint density at radius 1 is 1.13 bits per heavy atom. The van der Waals surface area contributed by atoms with E-state index in [0.29, 0.717) is 28.3 Å². The first-order chi connectivity index (χ1) is 10.7. The molecule has 0 spiro atoms. The molecule has 2 atom stereocenters. The minimum absolute atomic E-state index is 0.292. The summed E-state index contributed by atoms with van der Waals surface area (Å²) in [4.78, 5) is 23.8. The summed E-state index contributed by atoms with van der Waals surface area (Å²) in [6, 6.07) is 4.68. The third-order valence-corrected chi connectivity index (χ3v) is 3.41. The maximum atomic E-state index is 12.0. The van der Waals surface area contributed by atoms with E-state index in [1.165, 1.54) is 19.9 Å². The second-order valence-corrected chi connectivity index (χ2v) is 6.40. The molecular weight excluding hydrogens is 341 g/mol. The second-order valence-electron chi connectivity index (χ2n) is 5.55. The standard InChI is InChI=1S/C16H21Cl2NO4/c1-9(2)8-19-15(20)10(3)23-16(21)11(4)22-14-6-5-12(17)7-13(14)18/h5-7,9-11H,8H2,1-4H3,(H,19,20)/t10-,11+/m0/s1. The van der Waals surface area contributed by atoms with Crippen molar-refractivity contribution in [3.05, 3.63) is 28.2 Å². The van der Waals surface area contributed by atoms with Crippen LogP contribution in [0.1, 0.15) is 27.7 Å². The Morgan fingerprint density at radius 3 is 2.35 bits per heavy atom. The molecular formula is C16H21Cl2NO4. The van der Waals surface area contributed by atoms with Crippen LogP contribution >= 0.6 is 23.2 Å². The molecule has 1 aromatic carbocycles. The van der Waals surface area contributed by atoms with E-state index in [2.05, 4.69) is 5.32 Å². The molecule has 0 aliphatic rings. The highest BCUT2D eigenvalue weighted by atomic mass is 35.5. The van der Waals surface area contributed by atoms with Crippen LogP contribution in [0.4, 0.5) is 0 Å². The number of amides is 1. The number of rotatable bonds is 7. The van der Waals surface area contributed by atoms with Crippen molar-refractivity contribution in [1.29, 1.82) is 0 Å². The summed E-state index contributed by atoms with van der Waals surface area (Å²) >= 11 is 11.8. The summed E-state index contributed by atoms with van der Waals surface area (Å²) < 4.78 is 10.5. The van der Waals surface area contributed by atoms with Crippen molar-refractivity contribution in [2.24, 2.45) is 5.92 Å². The lowest BCUT2D eigenvalue weighted by Crippen LogP contribution is -2.40. The lowest BCUT2D eigenvalue weighted by atomic mass is 10.2. The molecule has 1 aromatic rings. The number of carbonyl (C=O) groups is 2. The highest BCUT2D eigenvalue weighted by Crippen LogP contribution is 2.28. The molecule has 5 nitrogen and oxygen atoms in total. The first-order valence-corrected chi connectivity index (χ1v) is 8.06. The second kappa shape index (κ2) is 8.99. The summed E-state index contributed by atoms with van der Waals surface area (Å²) in [7, 11) is 0. The van der Waals surface area contributed by atoms with Crippen molar-refractivity contribution in [1.82, 2.24) is 5.32 Å². The van der Waals surface area contributed by atoms with Crippen LogP contribution in [0.3, 0.4) is 0 Å². The molecule has 1 N–H and O–H groups in total. The van der Waals surface area contributed by atoms with Gasteiger partial charge in [0.15, 0.2) is 12.2 Å². The Morgan fingerprint density at radius 2 is 1.78 bits per heavy atom. The van der Waals surface area contributed by atoms with Crippen LogP contribution in [-0.2, 0) is 14.3 Å². The minimum Gasteiger partial charge on any atom is -0.477 e. The number of ether oxygens (including phenoxy) is 2. The van der Waals surface area contributed by atoms with Crippen molar-refractivity contribution in [2.45, 2.75) is 39.9 Å². The molecule has 23 heavy (non-hydrogen) atoms. The van der Waals surface area contributed by atoms with Gasteiger partial charge < -0.3 is 14.8 Å². The number of hydrogen-bond donors (Lipinski definition) is 1. The lowest BCUT2D eigenvalue weighted by molar-refractivity contribution is -0.160. The zero-order valence-corrected chi connectivity index (χ0v) is 15.1. The number of benzene rings is 1. The summed E-state index contributed by atoms with van der Waals surface area (Å²) in [5.41, 5.74) is 0. The Balaban J connectivity index is 2.54. The molecule has 0 fully saturated rings. The van der Waals surface area contributed by atoms with Gasteiger partial charge in [0.25, 0.3) is 5.91 Å². The van der Waals surface area contributed by atoms with Gasteiger partial charge in [-0.2, -0.15) is 0 Å². The minimum atomic E-state index is -0.908. The third kappa shape index (κ3) is 6.67. The van der Waals surface area contributed by atoms with E-state index in [0.717, 1.165) is 0 Å². The monoisotopic (exact) mass is 361 g/mol. The molecule has 0 saturated carbocycles. The Hall–Kier alpha value is -1.46. The van der Waals surface area contributed by atoms with Crippen molar-refractivity contribution in [2.75, 3.05) is 6.54 Å². The molecule has 0 aliphatic carbocycles. The van der Waals surface area contributed by atoms with Gasteiger partial charge in [-0.15, -0.1) is 0 Å². The number of halogens is 2. The summed E-state index contributed by atoms with van der Waals surface area (Å²) in [5, 5.41) is 3.46. The molecule has 0 radical (unpaired) electrons. The van der Waals surface area contributed by atoms with Gasteiger partial charge >= 0.3 is 5.97 Å². The van der Waals surface area contributed by atoms with Gasteiger partial charge in [0.05, 0.1) is 5.02 Å². The van der Waals surface area contributed by atoms with Gasteiger partial charge in [-0.05, 0) is 38.0 Å². The predicted molar refractivity (Wildman–Crippen MR) is 90.0 cm³/mol. The Labute approximate surface area is 146 Å². The van der Waals surface area contributed by atoms with E-state index in [1.54, 1.807) is 12.1 Å². The van der Waals surface area contributed by atoms with Gasteiger partial charge in [-0.1, -0.05) is 37.0 Å². The maximum absolute atomic E-state index is 12.0. The molecule has 0 aliphatic heterocycles. The molecule has 128 valence electrons. The molecule has 1 rings (SSSR count). The SMILES string of the molecule is CC(C)CNC(=O)[C@H](C)OC(=O)[C@@H](C)Oc1ccc(Cl)cc1Cl. The van der Waals surface area contributed by atoms with Crippen LogP contribution < -0.4 is 10.1 Å². The van der Waals surface area contributed by atoms with E-state index in [9.17, 15) is 9.59 Å². The quantitative estimate of drug-likeness (QED) is 0.755. The molecule has 7 heteroatoms. The van der Waals surface area contributed by atoms with Crippen molar-refractivity contribution < 1.29 is 19.1 Å². The van der Waals surface area contributed by atoms with Crippen LogP contribution in [0.25, 0.3) is 0 Å². The number of esters is 1. The first kappa shape index (κ1) is 19.6. The number of nitrogens with one attached hydrogen (secondary N) is 1. The average molecular weight is 362 g/mol. The molecule has 1 amide bonds. The van der Waals surface area contributed by atoms with Gasteiger partial charge in [0.1, 0.15) is 5.75 Å². The molecule has 0 saturated heterocycles. The maximum Gasteiger partial charge on any atom is 0.347 e. The van der Waals surface area contributed by atoms with Crippen LogP contribution in [0.5, 0.6) is 5.75 Å². The van der Waals surface area contributed by atoms with Gasteiger partial charge in [0.2, 0.25) is 0 Å². The summed E-state index contributed by atoms with van der Waals surface area (Å²) in [6.45, 7) is 7.50. The molecule has 0 heterocycles. The number of carbonyl (C=O) groups excluding carboxylic acids is 2. The number of hydrogen-bond acceptors (Lipinski definition) is 4. The van der Waals surface area contributed by atoms with Crippen molar-refractivity contribution >= 4 is 35.1 Å². The fourth-order valence-corrected chi connectivity index (χ4v) is 2.03. The zero-order chi connectivity index (χ0) is 17.6.